The molecule has 0 atom stereocenters. The molecule has 3 nitrogen and oxygen atoms in total. The zero-order valence-electron chi connectivity index (χ0n) is 10.1. The van der Waals surface area contributed by atoms with E-state index in [1.165, 1.54) is 0 Å². The molecule has 0 aromatic rings. The van der Waals surface area contributed by atoms with E-state index in [0.29, 0.717) is 6.42 Å². The van der Waals surface area contributed by atoms with Gasteiger partial charge in [0.1, 0.15) is 5.60 Å². The number of hydrogen-bond acceptors (Lipinski definition) is 3. The molecule has 0 saturated carbocycles. The van der Waals surface area contributed by atoms with Crippen molar-refractivity contribution in [3.63, 3.8) is 0 Å². The van der Waals surface area contributed by atoms with E-state index >= 15 is 0 Å². The van der Waals surface area contributed by atoms with Gasteiger partial charge in [-0.25, -0.2) is 0 Å². The van der Waals surface area contributed by atoms with Gasteiger partial charge in [-0.15, -0.1) is 0 Å². The van der Waals surface area contributed by atoms with E-state index in [-0.39, 0.29) is 11.6 Å². The molecule has 14 heavy (non-hydrogen) atoms. The summed E-state index contributed by atoms with van der Waals surface area (Å²) in [5.74, 6) is -0.0845. The highest BCUT2D eigenvalue weighted by Gasteiger charge is 2.19. The van der Waals surface area contributed by atoms with E-state index in [9.17, 15) is 4.79 Å². The number of nitrogens with zero attached hydrogens (tertiary/aromatic N) is 1. The number of rotatable bonds is 6. The van der Waals surface area contributed by atoms with Crippen LogP contribution in [0.5, 0.6) is 0 Å². The summed E-state index contributed by atoms with van der Waals surface area (Å²) in [5.41, 5.74) is -0.310. The minimum Gasteiger partial charge on any atom is -0.460 e. The Bertz CT molecular complexity index is 176. The average Bonchev–Trinajstić information content (AvgIpc) is 2.02. The summed E-state index contributed by atoms with van der Waals surface area (Å²) in [5, 5.41) is 0. The van der Waals surface area contributed by atoms with Crippen LogP contribution in [0.3, 0.4) is 0 Å². The monoisotopic (exact) mass is 201 g/mol. The van der Waals surface area contributed by atoms with Crippen LogP contribution in [-0.4, -0.2) is 37.1 Å². The van der Waals surface area contributed by atoms with Gasteiger partial charge in [0.05, 0.1) is 0 Å². The van der Waals surface area contributed by atoms with Crippen molar-refractivity contribution in [1.82, 2.24) is 4.90 Å². The smallest absolute Gasteiger partial charge is 0.306 e. The lowest BCUT2D eigenvalue weighted by molar-refractivity contribution is -0.156. The topological polar surface area (TPSA) is 29.5 Å². The van der Waals surface area contributed by atoms with Gasteiger partial charge in [0.25, 0.3) is 0 Å². The Morgan fingerprint density at radius 3 is 2.36 bits per heavy atom. The molecule has 0 aromatic heterocycles. The third-order valence-electron chi connectivity index (χ3n) is 2.23. The molecule has 0 spiro atoms. The molecule has 0 N–H and O–H groups in total. The van der Waals surface area contributed by atoms with Gasteiger partial charge in [0.15, 0.2) is 0 Å². The second-order valence-corrected chi connectivity index (χ2v) is 4.49. The number of carbonyl (C=O) groups is 1. The molecule has 84 valence electrons. The van der Waals surface area contributed by atoms with Crippen LogP contribution in [0, 0.1) is 0 Å². The molecule has 0 aliphatic heterocycles. The zero-order chi connectivity index (χ0) is 11.2. The molecule has 0 amide bonds. The van der Waals surface area contributed by atoms with E-state index in [4.69, 9.17) is 4.74 Å². The van der Waals surface area contributed by atoms with E-state index in [1.807, 2.05) is 34.9 Å². The normalized spacial score (nSPS) is 11.9. The Kier molecular flexibility index (Phi) is 5.77. The fourth-order valence-electron chi connectivity index (χ4n) is 0.971. The third kappa shape index (κ3) is 6.89. The Morgan fingerprint density at radius 1 is 1.36 bits per heavy atom. The maximum atomic E-state index is 11.4. The van der Waals surface area contributed by atoms with Crippen molar-refractivity contribution in [2.45, 2.75) is 45.6 Å². The zero-order valence-corrected chi connectivity index (χ0v) is 10.1. The van der Waals surface area contributed by atoms with Crippen LogP contribution in [0.2, 0.25) is 0 Å². The van der Waals surface area contributed by atoms with E-state index < -0.39 is 0 Å². The standard InChI is InChI=1S/C11H23NO2/c1-6-11(2,3)14-10(13)8-7-9-12(4)5/h6-9H2,1-5H3. The van der Waals surface area contributed by atoms with Gasteiger partial charge in [-0.1, -0.05) is 6.92 Å². The summed E-state index contributed by atoms with van der Waals surface area (Å²) in [7, 11) is 4.00. The molecular weight excluding hydrogens is 178 g/mol. The summed E-state index contributed by atoms with van der Waals surface area (Å²) < 4.78 is 5.31. The quantitative estimate of drug-likeness (QED) is 0.616. The lowest BCUT2D eigenvalue weighted by Crippen LogP contribution is -2.27. The highest BCUT2D eigenvalue weighted by Crippen LogP contribution is 2.14. The fraction of sp³-hybridized carbons (Fsp3) is 0.909. The van der Waals surface area contributed by atoms with Crippen molar-refractivity contribution in [1.29, 1.82) is 0 Å². The molecule has 0 aliphatic carbocycles. The molecule has 3 heteroatoms. The molecule has 0 aliphatic rings. The summed E-state index contributed by atoms with van der Waals surface area (Å²) in [6.45, 7) is 6.84. The number of hydrogen-bond donors (Lipinski definition) is 0. The Labute approximate surface area is 87.4 Å². The minimum atomic E-state index is -0.310. The first-order valence-corrected chi connectivity index (χ1v) is 5.24. The van der Waals surface area contributed by atoms with Crippen LogP contribution in [0.25, 0.3) is 0 Å². The predicted octanol–water partition coefficient (Wildman–Crippen LogP) is 2.06. The van der Waals surface area contributed by atoms with Crippen LogP contribution in [0.15, 0.2) is 0 Å². The average molecular weight is 201 g/mol. The highest BCUT2D eigenvalue weighted by atomic mass is 16.6. The van der Waals surface area contributed by atoms with Crippen LogP contribution in [-0.2, 0) is 9.53 Å². The molecule has 0 fully saturated rings. The van der Waals surface area contributed by atoms with Crippen molar-refractivity contribution in [2.24, 2.45) is 0 Å². The third-order valence-corrected chi connectivity index (χ3v) is 2.23. The molecule has 0 saturated heterocycles. The van der Waals surface area contributed by atoms with Crippen molar-refractivity contribution < 1.29 is 9.53 Å². The molecule has 0 unspecified atom stereocenters. The molecule has 0 heterocycles. The van der Waals surface area contributed by atoms with Gasteiger partial charge in [0.2, 0.25) is 0 Å². The molecule has 0 bridgehead atoms. The second-order valence-electron chi connectivity index (χ2n) is 4.49. The Morgan fingerprint density at radius 2 is 1.93 bits per heavy atom. The van der Waals surface area contributed by atoms with Gasteiger partial charge in [-0.05, 0) is 47.3 Å². The van der Waals surface area contributed by atoms with Crippen LogP contribution >= 0.6 is 0 Å². The Hall–Kier alpha value is -0.570. The lowest BCUT2D eigenvalue weighted by atomic mass is 10.1. The van der Waals surface area contributed by atoms with Crippen molar-refractivity contribution in [3.05, 3.63) is 0 Å². The maximum absolute atomic E-state index is 11.4. The molecule has 0 rings (SSSR count). The molecule has 0 radical (unpaired) electrons. The van der Waals surface area contributed by atoms with Crippen molar-refractivity contribution in [3.8, 4) is 0 Å². The largest absolute Gasteiger partial charge is 0.460 e. The Balaban J connectivity index is 3.66. The predicted molar refractivity (Wildman–Crippen MR) is 58.3 cm³/mol. The van der Waals surface area contributed by atoms with Crippen LogP contribution in [0.1, 0.15) is 40.0 Å². The first-order chi connectivity index (χ1) is 6.37. The van der Waals surface area contributed by atoms with E-state index in [2.05, 4.69) is 4.90 Å². The van der Waals surface area contributed by atoms with E-state index in [0.717, 1.165) is 19.4 Å². The number of esters is 1. The van der Waals surface area contributed by atoms with Gasteiger partial charge in [-0.2, -0.15) is 0 Å². The number of carbonyl (C=O) groups excluding carboxylic acids is 1. The summed E-state index contributed by atoms with van der Waals surface area (Å²) in [4.78, 5) is 13.4. The second kappa shape index (κ2) is 6.02. The minimum absolute atomic E-state index is 0.0845. The lowest BCUT2D eigenvalue weighted by Gasteiger charge is -2.23. The van der Waals surface area contributed by atoms with Gasteiger partial charge in [0, 0.05) is 6.42 Å². The van der Waals surface area contributed by atoms with E-state index in [1.54, 1.807) is 0 Å². The number of ether oxygens (including phenoxy) is 1. The highest BCUT2D eigenvalue weighted by molar-refractivity contribution is 5.69. The first kappa shape index (κ1) is 13.4. The molecule has 0 aromatic carbocycles. The van der Waals surface area contributed by atoms with Gasteiger partial charge < -0.3 is 9.64 Å². The summed E-state index contributed by atoms with van der Waals surface area (Å²) in [6, 6.07) is 0. The fourth-order valence-corrected chi connectivity index (χ4v) is 0.971. The van der Waals surface area contributed by atoms with Crippen molar-refractivity contribution >= 4 is 5.97 Å². The summed E-state index contributed by atoms with van der Waals surface area (Å²) >= 11 is 0. The van der Waals surface area contributed by atoms with Crippen LogP contribution < -0.4 is 0 Å². The van der Waals surface area contributed by atoms with Gasteiger partial charge in [-0.3, -0.25) is 4.79 Å². The van der Waals surface area contributed by atoms with Crippen molar-refractivity contribution in [2.75, 3.05) is 20.6 Å². The van der Waals surface area contributed by atoms with Gasteiger partial charge >= 0.3 is 5.97 Å². The first-order valence-electron chi connectivity index (χ1n) is 5.24. The maximum Gasteiger partial charge on any atom is 0.306 e. The SMILES string of the molecule is CCC(C)(C)OC(=O)CCCN(C)C. The van der Waals surface area contributed by atoms with Crippen LogP contribution in [0.4, 0.5) is 0 Å². The molecular formula is C11H23NO2. The summed E-state index contributed by atoms with van der Waals surface area (Å²) in [6.07, 6.45) is 2.24.